The van der Waals surface area contributed by atoms with E-state index in [1.807, 2.05) is 19.9 Å². The van der Waals surface area contributed by atoms with Gasteiger partial charge in [0.1, 0.15) is 11.5 Å². The van der Waals surface area contributed by atoms with Crippen molar-refractivity contribution in [2.75, 3.05) is 39.4 Å². The van der Waals surface area contributed by atoms with Gasteiger partial charge in [-0.2, -0.15) is 0 Å². The predicted molar refractivity (Wildman–Crippen MR) is 107 cm³/mol. The van der Waals surface area contributed by atoms with Gasteiger partial charge in [0.25, 0.3) is 5.56 Å². The number of anilines is 1. The van der Waals surface area contributed by atoms with Crippen molar-refractivity contribution in [1.82, 2.24) is 14.5 Å². The summed E-state index contributed by atoms with van der Waals surface area (Å²) in [5.74, 6) is 1.12. The first-order valence-corrected chi connectivity index (χ1v) is 9.29. The minimum Gasteiger partial charge on any atom is -0.481 e. The minimum absolute atomic E-state index is 0.0666. The Morgan fingerprint density at radius 3 is 2.50 bits per heavy atom. The molecule has 2 atom stereocenters. The lowest BCUT2D eigenvalue weighted by molar-refractivity contribution is 0.111. The van der Waals surface area contributed by atoms with Crippen LogP contribution >= 0.6 is 0 Å². The van der Waals surface area contributed by atoms with Gasteiger partial charge in [0.2, 0.25) is 5.88 Å². The van der Waals surface area contributed by atoms with Crippen LogP contribution in [0.4, 0.5) is 5.69 Å². The number of rotatable bonds is 6. The summed E-state index contributed by atoms with van der Waals surface area (Å²) in [6.07, 6.45) is 0.882. The maximum absolute atomic E-state index is 13.3. The fourth-order valence-corrected chi connectivity index (χ4v) is 3.82. The Balaban J connectivity index is 2.07. The van der Waals surface area contributed by atoms with Crippen molar-refractivity contribution in [3.8, 4) is 17.3 Å². The third-order valence-corrected chi connectivity index (χ3v) is 5.31. The highest BCUT2D eigenvalue weighted by molar-refractivity contribution is 5.62. The molecule has 3 heterocycles. The average molecular weight is 388 g/mol. The molecule has 0 aliphatic carbocycles. The Hall–Kier alpha value is -2.45. The van der Waals surface area contributed by atoms with Crippen molar-refractivity contribution in [2.24, 2.45) is 7.05 Å². The van der Waals surface area contributed by atoms with Crippen LogP contribution < -0.4 is 15.2 Å². The molecule has 2 aromatic heterocycles. The van der Waals surface area contributed by atoms with Crippen molar-refractivity contribution < 1.29 is 14.2 Å². The van der Waals surface area contributed by atoms with Crippen LogP contribution in [0.2, 0.25) is 0 Å². The molecule has 8 heteroatoms. The van der Waals surface area contributed by atoms with Crippen LogP contribution in [-0.4, -0.2) is 61.2 Å². The second-order valence-electron chi connectivity index (χ2n) is 7.08. The van der Waals surface area contributed by atoms with Gasteiger partial charge in [-0.1, -0.05) is 0 Å². The third-order valence-electron chi connectivity index (χ3n) is 5.31. The normalized spacial score (nSPS) is 19.3. The first-order valence-electron chi connectivity index (χ1n) is 9.29. The second-order valence-corrected chi connectivity index (χ2v) is 7.08. The predicted octanol–water partition coefficient (Wildman–Crippen LogP) is 1.71. The topological polar surface area (TPSA) is 78.7 Å². The van der Waals surface area contributed by atoms with Crippen molar-refractivity contribution >= 4 is 5.69 Å². The summed E-state index contributed by atoms with van der Waals surface area (Å²) in [4.78, 5) is 24.6. The van der Waals surface area contributed by atoms with E-state index >= 15 is 0 Å². The van der Waals surface area contributed by atoms with E-state index in [4.69, 9.17) is 19.2 Å². The lowest BCUT2D eigenvalue weighted by Crippen LogP contribution is -2.39. The molecule has 1 saturated heterocycles. The average Bonchev–Trinajstić information content (AvgIpc) is 3.08. The standard InChI is InChI=1S/C20H28N4O4/c1-12-16(7-8-17(21-12)28-6)19-22-13(2)18(20(25)23(19)3)24-10-15(27-5)9-14(24)11-26-4/h7-8,14-15H,9-11H2,1-6H3/t14-,15+/m0/s1. The van der Waals surface area contributed by atoms with Gasteiger partial charge in [-0.25, -0.2) is 9.97 Å². The monoisotopic (exact) mass is 388 g/mol. The molecule has 1 aliphatic rings. The summed E-state index contributed by atoms with van der Waals surface area (Å²) in [6, 6.07) is 3.74. The molecule has 8 nitrogen and oxygen atoms in total. The highest BCUT2D eigenvalue weighted by Gasteiger charge is 2.35. The van der Waals surface area contributed by atoms with Crippen molar-refractivity contribution in [1.29, 1.82) is 0 Å². The van der Waals surface area contributed by atoms with E-state index in [-0.39, 0.29) is 17.7 Å². The molecule has 2 aromatic rings. The maximum atomic E-state index is 13.3. The van der Waals surface area contributed by atoms with Gasteiger partial charge in [-0.15, -0.1) is 0 Å². The van der Waals surface area contributed by atoms with Gasteiger partial charge in [-0.05, 0) is 26.3 Å². The molecule has 0 spiro atoms. The molecular weight excluding hydrogens is 360 g/mol. The Labute approximate surface area is 165 Å². The number of hydrogen-bond acceptors (Lipinski definition) is 7. The lowest BCUT2D eigenvalue weighted by Gasteiger charge is -2.27. The number of ether oxygens (including phenoxy) is 3. The summed E-state index contributed by atoms with van der Waals surface area (Å²) in [6.45, 7) is 4.93. The highest BCUT2D eigenvalue weighted by atomic mass is 16.5. The summed E-state index contributed by atoms with van der Waals surface area (Å²) < 4.78 is 17.7. The van der Waals surface area contributed by atoms with Crippen LogP contribution in [-0.2, 0) is 16.5 Å². The van der Waals surface area contributed by atoms with Gasteiger partial charge < -0.3 is 19.1 Å². The zero-order chi connectivity index (χ0) is 20.4. The van der Waals surface area contributed by atoms with Crippen molar-refractivity contribution in [3.05, 3.63) is 33.9 Å². The largest absolute Gasteiger partial charge is 0.481 e. The van der Waals surface area contributed by atoms with E-state index < -0.39 is 0 Å². The highest BCUT2D eigenvalue weighted by Crippen LogP contribution is 2.29. The van der Waals surface area contributed by atoms with Gasteiger partial charge in [-0.3, -0.25) is 9.36 Å². The van der Waals surface area contributed by atoms with E-state index in [0.717, 1.165) is 17.7 Å². The van der Waals surface area contributed by atoms with E-state index in [9.17, 15) is 4.79 Å². The number of hydrogen-bond donors (Lipinski definition) is 0. The molecule has 0 N–H and O–H groups in total. The Morgan fingerprint density at radius 1 is 1.14 bits per heavy atom. The molecule has 28 heavy (non-hydrogen) atoms. The quantitative estimate of drug-likeness (QED) is 0.745. The third kappa shape index (κ3) is 3.62. The molecule has 152 valence electrons. The zero-order valence-corrected chi connectivity index (χ0v) is 17.4. The number of methoxy groups -OCH3 is 3. The Kier molecular flexibility index (Phi) is 6.00. The van der Waals surface area contributed by atoms with Crippen LogP contribution in [0.3, 0.4) is 0 Å². The van der Waals surface area contributed by atoms with Crippen LogP contribution in [0.1, 0.15) is 17.8 Å². The molecule has 0 unspecified atom stereocenters. The summed E-state index contributed by atoms with van der Waals surface area (Å²) in [5.41, 5.74) is 2.76. The van der Waals surface area contributed by atoms with Crippen LogP contribution in [0.15, 0.2) is 16.9 Å². The summed E-state index contributed by atoms with van der Waals surface area (Å²) in [7, 11) is 6.69. The van der Waals surface area contributed by atoms with E-state index in [1.54, 1.807) is 39.0 Å². The molecule has 0 aromatic carbocycles. The van der Waals surface area contributed by atoms with E-state index in [2.05, 4.69) is 9.88 Å². The molecule has 0 amide bonds. The van der Waals surface area contributed by atoms with Gasteiger partial charge in [0.05, 0.1) is 37.3 Å². The van der Waals surface area contributed by atoms with E-state index in [1.165, 1.54) is 0 Å². The molecule has 0 radical (unpaired) electrons. The SMILES string of the molecule is COC[C@@H]1C[C@@H](OC)CN1c1c(C)nc(-c2ccc(OC)nc2C)n(C)c1=O. The molecule has 1 fully saturated rings. The molecular formula is C20H28N4O4. The summed E-state index contributed by atoms with van der Waals surface area (Å²) in [5, 5.41) is 0. The number of pyridine rings is 1. The number of aromatic nitrogens is 3. The lowest BCUT2D eigenvalue weighted by atomic mass is 10.1. The number of nitrogens with zero attached hydrogens (tertiary/aromatic N) is 4. The van der Waals surface area contributed by atoms with Gasteiger partial charge >= 0.3 is 0 Å². The van der Waals surface area contributed by atoms with Crippen molar-refractivity contribution in [3.63, 3.8) is 0 Å². The van der Waals surface area contributed by atoms with Gasteiger partial charge in [0.15, 0.2) is 0 Å². The van der Waals surface area contributed by atoms with Crippen LogP contribution in [0.5, 0.6) is 5.88 Å². The fraction of sp³-hybridized carbons (Fsp3) is 0.550. The molecule has 3 rings (SSSR count). The minimum atomic E-state index is -0.0874. The first-order chi connectivity index (χ1) is 13.4. The Morgan fingerprint density at radius 2 is 1.89 bits per heavy atom. The van der Waals surface area contributed by atoms with E-state index in [0.29, 0.717) is 36.2 Å². The van der Waals surface area contributed by atoms with Crippen molar-refractivity contribution in [2.45, 2.75) is 32.4 Å². The second kappa shape index (κ2) is 8.28. The first kappa shape index (κ1) is 20.3. The maximum Gasteiger partial charge on any atom is 0.277 e. The molecule has 0 bridgehead atoms. The van der Waals surface area contributed by atoms with Crippen LogP contribution in [0.25, 0.3) is 11.4 Å². The Bertz CT molecular complexity index is 912. The number of aryl methyl sites for hydroxylation is 2. The smallest absolute Gasteiger partial charge is 0.277 e. The summed E-state index contributed by atoms with van der Waals surface area (Å²) >= 11 is 0. The molecule has 0 saturated carbocycles. The fourth-order valence-electron chi connectivity index (χ4n) is 3.82. The zero-order valence-electron chi connectivity index (χ0n) is 17.4. The molecule has 1 aliphatic heterocycles. The van der Waals surface area contributed by atoms with Crippen LogP contribution in [0, 0.1) is 13.8 Å². The van der Waals surface area contributed by atoms with Gasteiger partial charge in [0, 0.05) is 39.4 Å².